The van der Waals surface area contributed by atoms with Gasteiger partial charge in [-0.05, 0) is 12.3 Å². The van der Waals surface area contributed by atoms with Gasteiger partial charge in [-0.3, -0.25) is 0 Å². The Bertz CT molecular complexity index is 146. The van der Waals surface area contributed by atoms with Crippen LogP contribution in [0.2, 0.25) is 0 Å². The number of rotatable bonds is 5. The van der Waals surface area contributed by atoms with E-state index >= 15 is 0 Å². The predicted molar refractivity (Wildman–Crippen MR) is 46.2 cm³/mol. The summed E-state index contributed by atoms with van der Waals surface area (Å²) >= 11 is 0. The molecule has 0 amide bonds. The van der Waals surface area contributed by atoms with Crippen LogP contribution in [-0.4, -0.2) is 12.8 Å². The smallest absolute Gasteiger partial charge is 0.0640 e. The third-order valence-electron chi connectivity index (χ3n) is 1.41. The van der Waals surface area contributed by atoms with Crippen LogP contribution >= 0.6 is 0 Å². The molecule has 3 heteroatoms. The Morgan fingerprint density at radius 1 is 1.73 bits per heavy atom. The molecule has 3 nitrogen and oxygen atoms in total. The first-order valence-corrected chi connectivity index (χ1v) is 3.94. The van der Waals surface area contributed by atoms with E-state index in [0.29, 0.717) is 18.9 Å². The predicted octanol–water partition coefficient (Wildman–Crippen LogP) is 1.52. The summed E-state index contributed by atoms with van der Waals surface area (Å²) in [5, 5.41) is 12.1. The third-order valence-corrected chi connectivity index (χ3v) is 1.41. The minimum absolute atomic E-state index is 0.512. The Hall–Kier alpha value is -1.04. The number of hydrogen-bond acceptors (Lipinski definition) is 3. The fraction of sp³-hybridized carbons (Fsp3) is 0.750. The van der Waals surface area contributed by atoms with E-state index in [1.807, 2.05) is 12.3 Å². The van der Waals surface area contributed by atoms with Crippen molar-refractivity contribution in [3.05, 3.63) is 0 Å². The molecule has 0 saturated carbocycles. The van der Waals surface area contributed by atoms with E-state index in [1.54, 1.807) is 0 Å². The lowest BCUT2D eigenvalue weighted by Crippen LogP contribution is -2.08. The van der Waals surface area contributed by atoms with Gasteiger partial charge in [0, 0.05) is 12.8 Å². The van der Waals surface area contributed by atoms with E-state index in [0.717, 1.165) is 6.42 Å². The summed E-state index contributed by atoms with van der Waals surface area (Å²) in [6, 6.07) is 2.03. The van der Waals surface area contributed by atoms with Crippen molar-refractivity contribution in [2.24, 2.45) is 11.0 Å². The molecular formula is C8H15N3. The zero-order valence-corrected chi connectivity index (χ0v) is 7.17. The highest BCUT2D eigenvalue weighted by Crippen LogP contribution is 1.93. The van der Waals surface area contributed by atoms with Gasteiger partial charge >= 0.3 is 0 Å². The molecule has 0 aromatic carbocycles. The van der Waals surface area contributed by atoms with Gasteiger partial charge in [-0.1, -0.05) is 13.8 Å². The maximum atomic E-state index is 8.18. The monoisotopic (exact) mass is 153 g/mol. The van der Waals surface area contributed by atoms with Crippen LogP contribution in [0.15, 0.2) is 5.10 Å². The van der Waals surface area contributed by atoms with Crippen LogP contribution in [0.4, 0.5) is 0 Å². The van der Waals surface area contributed by atoms with E-state index < -0.39 is 0 Å². The summed E-state index contributed by atoms with van der Waals surface area (Å²) in [4.78, 5) is 0. The van der Waals surface area contributed by atoms with Crippen LogP contribution in [0, 0.1) is 17.2 Å². The summed E-state index contributed by atoms with van der Waals surface area (Å²) in [5.74, 6) is 0.518. The third kappa shape index (κ3) is 6.85. The van der Waals surface area contributed by atoms with Crippen molar-refractivity contribution in [3.63, 3.8) is 0 Å². The zero-order chi connectivity index (χ0) is 8.53. The second kappa shape index (κ2) is 7.07. The average Bonchev–Trinajstić information content (AvgIpc) is 2.04. The largest absolute Gasteiger partial charge is 0.309 e. The molecule has 62 valence electrons. The number of hydrogen-bond donors (Lipinski definition) is 1. The van der Waals surface area contributed by atoms with Crippen molar-refractivity contribution in [1.82, 2.24) is 5.43 Å². The first kappa shape index (κ1) is 9.96. The lowest BCUT2D eigenvalue weighted by Gasteiger charge is -1.98. The van der Waals surface area contributed by atoms with Crippen LogP contribution in [0.5, 0.6) is 0 Å². The van der Waals surface area contributed by atoms with E-state index in [9.17, 15) is 0 Å². The fourth-order valence-corrected chi connectivity index (χ4v) is 0.462. The van der Waals surface area contributed by atoms with Crippen molar-refractivity contribution < 1.29 is 0 Å². The molecule has 1 N–H and O–H groups in total. The first-order chi connectivity index (χ1) is 5.31. The molecular weight excluding hydrogens is 138 g/mol. The Balaban J connectivity index is 3.23. The van der Waals surface area contributed by atoms with Gasteiger partial charge in [0.25, 0.3) is 0 Å². The quantitative estimate of drug-likeness (QED) is 0.370. The molecule has 1 atom stereocenters. The molecule has 0 spiro atoms. The number of nitrogens with one attached hydrogen (secondary N) is 1. The van der Waals surface area contributed by atoms with Crippen LogP contribution in [-0.2, 0) is 0 Å². The summed E-state index contributed by atoms with van der Waals surface area (Å²) in [6.07, 6.45) is 3.48. The molecule has 0 radical (unpaired) electrons. The highest BCUT2D eigenvalue weighted by molar-refractivity contribution is 5.59. The van der Waals surface area contributed by atoms with Gasteiger partial charge in [0.15, 0.2) is 0 Å². The fourth-order valence-electron chi connectivity index (χ4n) is 0.462. The van der Waals surface area contributed by atoms with Crippen molar-refractivity contribution in [3.8, 4) is 6.07 Å². The normalized spacial score (nSPS) is 12.8. The molecule has 0 aliphatic carbocycles. The van der Waals surface area contributed by atoms with Gasteiger partial charge in [0.2, 0.25) is 0 Å². The maximum Gasteiger partial charge on any atom is 0.0640 e. The standard InChI is InChI=1S/C8H15N3/c1-3-8(2)7-11-10-6-4-5-9/h7-8,10H,3-4,6H2,1-2H3/b11-7+. The topological polar surface area (TPSA) is 48.2 Å². The van der Waals surface area contributed by atoms with Gasteiger partial charge in [-0.25, -0.2) is 0 Å². The molecule has 0 aliphatic heterocycles. The van der Waals surface area contributed by atoms with Crippen molar-refractivity contribution in [2.45, 2.75) is 26.7 Å². The Labute approximate surface area is 68.1 Å². The van der Waals surface area contributed by atoms with E-state index in [1.165, 1.54) is 0 Å². The SMILES string of the molecule is CCC(C)/C=N/NCCC#N. The Morgan fingerprint density at radius 2 is 2.45 bits per heavy atom. The highest BCUT2D eigenvalue weighted by atomic mass is 15.3. The molecule has 0 aromatic heterocycles. The highest BCUT2D eigenvalue weighted by Gasteiger charge is 1.89. The van der Waals surface area contributed by atoms with Crippen molar-refractivity contribution in [2.75, 3.05) is 6.54 Å². The Morgan fingerprint density at radius 3 is 3.00 bits per heavy atom. The van der Waals surface area contributed by atoms with Gasteiger partial charge in [0.1, 0.15) is 0 Å². The van der Waals surface area contributed by atoms with Crippen molar-refractivity contribution >= 4 is 6.21 Å². The molecule has 0 heterocycles. The number of nitrogens with zero attached hydrogens (tertiary/aromatic N) is 2. The second-order valence-corrected chi connectivity index (χ2v) is 2.48. The van der Waals surface area contributed by atoms with Crippen LogP contribution < -0.4 is 5.43 Å². The molecule has 0 rings (SSSR count). The van der Waals surface area contributed by atoms with Gasteiger partial charge in [-0.2, -0.15) is 10.4 Å². The summed E-state index contributed by atoms with van der Waals surface area (Å²) in [6.45, 7) is 4.87. The molecule has 0 bridgehead atoms. The molecule has 11 heavy (non-hydrogen) atoms. The molecule has 0 saturated heterocycles. The average molecular weight is 153 g/mol. The summed E-state index contributed by atoms with van der Waals surface area (Å²) in [7, 11) is 0. The molecule has 0 aliphatic rings. The van der Waals surface area contributed by atoms with E-state index in [-0.39, 0.29) is 0 Å². The number of nitriles is 1. The lowest BCUT2D eigenvalue weighted by atomic mass is 10.1. The van der Waals surface area contributed by atoms with Crippen LogP contribution in [0.25, 0.3) is 0 Å². The lowest BCUT2D eigenvalue weighted by molar-refractivity contribution is 0.710. The molecule has 1 unspecified atom stereocenters. The zero-order valence-electron chi connectivity index (χ0n) is 7.17. The van der Waals surface area contributed by atoms with E-state index in [2.05, 4.69) is 24.4 Å². The van der Waals surface area contributed by atoms with Gasteiger partial charge in [-0.15, -0.1) is 0 Å². The number of hydrazone groups is 1. The van der Waals surface area contributed by atoms with Crippen molar-refractivity contribution in [1.29, 1.82) is 5.26 Å². The molecule has 0 fully saturated rings. The second-order valence-electron chi connectivity index (χ2n) is 2.48. The van der Waals surface area contributed by atoms with Crippen LogP contribution in [0.3, 0.4) is 0 Å². The minimum atomic E-state index is 0.512. The minimum Gasteiger partial charge on any atom is -0.309 e. The first-order valence-electron chi connectivity index (χ1n) is 3.94. The van der Waals surface area contributed by atoms with Gasteiger partial charge in [0.05, 0.1) is 12.5 Å². The summed E-state index contributed by atoms with van der Waals surface area (Å²) < 4.78 is 0. The molecule has 0 aromatic rings. The summed E-state index contributed by atoms with van der Waals surface area (Å²) in [5.41, 5.74) is 2.80. The van der Waals surface area contributed by atoms with E-state index in [4.69, 9.17) is 5.26 Å². The Kier molecular flexibility index (Phi) is 6.40. The van der Waals surface area contributed by atoms with Gasteiger partial charge < -0.3 is 5.43 Å². The van der Waals surface area contributed by atoms with Crippen LogP contribution in [0.1, 0.15) is 26.7 Å². The maximum absolute atomic E-state index is 8.18.